The van der Waals surface area contributed by atoms with Crippen molar-refractivity contribution in [3.63, 3.8) is 0 Å². The van der Waals surface area contributed by atoms with Gasteiger partial charge in [-0.3, -0.25) is 10.0 Å². The average Bonchev–Trinajstić information content (AvgIpc) is 2.75. The van der Waals surface area contributed by atoms with E-state index in [2.05, 4.69) is 18.2 Å². The number of amides is 1. The minimum absolute atomic E-state index is 0.0170. The zero-order valence-corrected chi connectivity index (χ0v) is 16.7. The Balaban J connectivity index is 0.00000218. The summed E-state index contributed by atoms with van der Waals surface area (Å²) in [5.74, 6) is -4.32. The van der Waals surface area contributed by atoms with Gasteiger partial charge in [0.1, 0.15) is 22.6 Å². The van der Waals surface area contributed by atoms with Gasteiger partial charge in [-0.2, -0.15) is 0 Å². The van der Waals surface area contributed by atoms with E-state index in [9.17, 15) is 22.2 Å². The molecule has 2 rings (SSSR count). The summed E-state index contributed by atoms with van der Waals surface area (Å²) in [4.78, 5) is 11.2. The molecule has 7 nitrogen and oxygen atoms in total. The van der Waals surface area contributed by atoms with Crippen molar-refractivity contribution in [3.05, 3.63) is 53.8 Å². The van der Waals surface area contributed by atoms with Gasteiger partial charge in [0.05, 0.1) is 11.4 Å². The first-order valence-corrected chi connectivity index (χ1v) is 9.46. The van der Waals surface area contributed by atoms with Crippen molar-refractivity contribution in [2.75, 3.05) is 26.7 Å². The van der Waals surface area contributed by atoms with Crippen LogP contribution in [0.15, 0.2) is 41.3 Å². The van der Waals surface area contributed by atoms with Gasteiger partial charge >= 0.3 is 0 Å². The third kappa shape index (κ3) is 7.16. The van der Waals surface area contributed by atoms with Crippen molar-refractivity contribution >= 4 is 16.9 Å². The van der Waals surface area contributed by atoms with E-state index >= 15 is 0 Å². The monoisotopic (exact) mass is 443 g/mol. The number of likely N-dealkylation sites (N-methyl/N-ethyl adjacent to an activating group) is 1. The minimum atomic E-state index is -2.09. The van der Waals surface area contributed by atoms with Gasteiger partial charge in [0, 0.05) is 13.1 Å². The number of rotatable bonds is 9. The Morgan fingerprint density at radius 1 is 1.17 bits per heavy atom. The van der Waals surface area contributed by atoms with Crippen molar-refractivity contribution in [3.8, 4) is 24.3 Å². The molecule has 0 aliphatic carbocycles. The Bertz CT molecular complexity index is 871. The van der Waals surface area contributed by atoms with E-state index in [-0.39, 0.29) is 17.2 Å². The number of carbonyl (C=O) groups excluding carboxylic acids is 1. The van der Waals surface area contributed by atoms with Gasteiger partial charge in [0.15, 0.2) is 17.4 Å². The Morgan fingerprint density at radius 2 is 1.73 bits per heavy atom. The van der Waals surface area contributed by atoms with E-state index in [0.29, 0.717) is 6.54 Å². The molecule has 2 aromatic carbocycles. The highest BCUT2D eigenvalue weighted by atomic mass is 32.2. The highest BCUT2D eigenvalue weighted by molar-refractivity contribution is 7.82. The number of terminal acetylenes is 1. The third-order valence-electron chi connectivity index (χ3n) is 3.50. The highest BCUT2D eigenvalue weighted by Crippen LogP contribution is 2.30. The van der Waals surface area contributed by atoms with Crippen molar-refractivity contribution in [2.24, 2.45) is 0 Å². The summed E-state index contributed by atoms with van der Waals surface area (Å²) in [6.45, 7) is -0.0172. The number of hydrogen-bond acceptors (Lipinski definition) is 5. The van der Waals surface area contributed by atoms with Gasteiger partial charge in [0.2, 0.25) is 0 Å². The first-order valence-electron chi connectivity index (χ1n) is 8.36. The molecule has 0 aliphatic rings. The van der Waals surface area contributed by atoms with Gasteiger partial charge in [-0.15, -0.1) is 12.8 Å². The van der Waals surface area contributed by atoms with Gasteiger partial charge in [-0.05, 0) is 43.4 Å². The molecular weight excluding hydrogens is 423 g/mol. The van der Waals surface area contributed by atoms with Crippen LogP contribution in [-0.4, -0.2) is 46.3 Å². The maximum Gasteiger partial charge on any atom is 0.258 e. The highest BCUT2D eigenvalue weighted by Gasteiger charge is 2.22. The lowest BCUT2D eigenvalue weighted by Gasteiger charge is -2.20. The summed E-state index contributed by atoms with van der Waals surface area (Å²) in [5, 5.41) is 11.4. The van der Waals surface area contributed by atoms with Gasteiger partial charge in [-0.25, -0.2) is 27.2 Å². The van der Waals surface area contributed by atoms with Crippen molar-refractivity contribution in [1.29, 1.82) is 0 Å². The largest absolute Gasteiger partial charge is 0.451 e. The molecule has 0 aliphatic heterocycles. The van der Waals surface area contributed by atoms with Gasteiger partial charge < -0.3 is 10.1 Å². The molecular formula is C19H20F3N3O4S. The molecule has 0 aromatic heterocycles. The fraction of sp³-hybridized carbons (Fsp3) is 0.211. The van der Waals surface area contributed by atoms with E-state index in [4.69, 9.17) is 9.94 Å². The quantitative estimate of drug-likeness (QED) is 0.314. The fourth-order valence-electron chi connectivity index (χ4n) is 2.16. The second-order valence-corrected chi connectivity index (χ2v) is 7.01. The number of nitrogens with one attached hydrogen (secondary N) is 2. The molecule has 0 saturated carbocycles. The molecule has 1 unspecified atom stereocenters. The number of hydroxylamine groups is 1. The maximum atomic E-state index is 14.4. The van der Waals surface area contributed by atoms with Crippen LogP contribution in [0.2, 0.25) is 0 Å². The van der Waals surface area contributed by atoms with Crippen LogP contribution in [0, 0.1) is 30.3 Å². The predicted molar refractivity (Wildman–Crippen MR) is 105 cm³/mol. The molecule has 162 valence electrons. The molecule has 0 spiro atoms. The smallest absolute Gasteiger partial charge is 0.258 e. The first kappa shape index (κ1) is 25.1. The lowest BCUT2D eigenvalue weighted by Crippen LogP contribution is -2.40. The Labute approximate surface area is 174 Å². The predicted octanol–water partition coefficient (Wildman–Crippen LogP) is 2.19. The van der Waals surface area contributed by atoms with Crippen LogP contribution in [0.4, 0.5) is 13.2 Å². The number of halogens is 3. The zero-order chi connectivity index (χ0) is 22.7. The van der Waals surface area contributed by atoms with Crippen molar-refractivity contribution in [2.45, 2.75) is 4.90 Å². The van der Waals surface area contributed by atoms with Crippen LogP contribution in [-0.2, 0) is 15.8 Å². The molecule has 1 amide bonds. The summed E-state index contributed by atoms with van der Waals surface area (Å²) < 4.78 is 60.5. The Hall–Kier alpha value is -2.91. The summed E-state index contributed by atoms with van der Waals surface area (Å²) in [6.07, 6.45) is 8.00. The van der Waals surface area contributed by atoms with Gasteiger partial charge in [0.25, 0.3) is 5.91 Å². The number of hydrogen-bond donors (Lipinski definition) is 3. The summed E-state index contributed by atoms with van der Waals surface area (Å²) in [7, 11) is -0.454. The fourth-order valence-corrected chi connectivity index (χ4v) is 3.36. The van der Waals surface area contributed by atoms with E-state index in [1.54, 1.807) is 7.05 Å². The molecule has 2 aromatic rings. The van der Waals surface area contributed by atoms with Crippen LogP contribution >= 0.6 is 0 Å². The Kier molecular flexibility index (Phi) is 10.6. The molecule has 3 N–H and O–H groups in total. The molecule has 0 heterocycles. The maximum absolute atomic E-state index is 14.4. The summed E-state index contributed by atoms with van der Waals surface area (Å²) >= 11 is 0. The molecule has 11 heteroatoms. The normalized spacial score (nSPS) is 11.3. The second kappa shape index (κ2) is 12.6. The second-order valence-electron chi connectivity index (χ2n) is 5.52. The van der Waals surface area contributed by atoms with E-state index < -0.39 is 46.6 Å². The third-order valence-corrected chi connectivity index (χ3v) is 4.92. The molecule has 0 saturated heterocycles. The van der Waals surface area contributed by atoms with E-state index in [1.165, 1.54) is 17.6 Å². The van der Waals surface area contributed by atoms with E-state index in [0.717, 1.165) is 28.6 Å². The van der Waals surface area contributed by atoms with Crippen LogP contribution in [0.3, 0.4) is 0 Å². The van der Waals surface area contributed by atoms with Crippen LogP contribution < -0.4 is 15.5 Å². The number of nitrogens with zero attached hydrogens (tertiary/aromatic N) is 1. The SMILES string of the molecule is C#C.CNCCN(CC(=O)NO)S(=O)c1cc(F)c(Oc2ccc(F)cc2)c(F)c1. The number of benzene rings is 2. The van der Waals surface area contributed by atoms with Crippen molar-refractivity contribution < 1.29 is 32.1 Å². The standard InChI is InChI=1S/C17H18F3N3O4S.C2H2/c1-21-6-7-23(10-16(24)22-25)28(26)13-8-14(19)17(15(20)9-13)27-12-4-2-11(18)3-5-12;1-2/h2-5,8-9,21,25H,6-7,10H2,1H3,(H,22,24);1-2H. The Morgan fingerprint density at radius 3 is 2.23 bits per heavy atom. The number of carbonyl (C=O) groups is 1. The molecule has 1 atom stereocenters. The molecule has 0 fully saturated rings. The molecule has 30 heavy (non-hydrogen) atoms. The molecule has 0 radical (unpaired) electrons. The topological polar surface area (TPSA) is 90.9 Å². The zero-order valence-electron chi connectivity index (χ0n) is 15.9. The molecule has 0 bridgehead atoms. The first-order chi connectivity index (χ1) is 14.3. The number of ether oxygens (including phenoxy) is 1. The van der Waals surface area contributed by atoms with Crippen LogP contribution in [0.1, 0.15) is 0 Å². The summed E-state index contributed by atoms with van der Waals surface area (Å²) in [5.41, 5.74) is 1.41. The summed E-state index contributed by atoms with van der Waals surface area (Å²) in [6, 6.07) is 6.18. The lowest BCUT2D eigenvalue weighted by atomic mass is 10.3. The van der Waals surface area contributed by atoms with Crippen LogP contribution in [0.5, 0.6) is 11.5 Å². The van der Waals surface area contributed by atoms with Gasteiger partial charge in [-0.1, -0.05) is 0 Å². The van der Waals surface area contributed by atoms with Crippen LogP contribution in [0.25, 0.3) is 0 Å². The minimum Gasteiger partial charge on any atom is -0.451 e. The van der Waals surface area contributed by atoms with Crippen molar-refractivity contribution in [1.82, 2.24) is 15.1 Å². The lowest BCUT2D eigenvalue weighted by molar-refractivity contribution is -0.129. The van der Waals surface area contributed by atoms with E-state index in [1.807, 2.05) is 0 Å². The average molecular weight is 443 g/mol.